The molecule has 0 radical (unpaired) electrons. The molecule has 0 spiro atoms. The Morgan fingerprint density at radius 2 is 1.93 bits per heavy atom. The van der Waals surface area contributed by atoms with E-state index in [0.717, 1.165) is 18.4 Å². The van der Waals surface area contributed by atoms with Gasteiger partial charge in [0, 0.05) is 6.42 Å². The minimum atomic E-state index is -0.221. The number of carbonyl (C=O) groups is 1. The zero-order chi connectivity index (χ0) is 19.5. The lowest BCUT2D eigenvalue weighted by Crippen LogP contribution is -2.30. The van der Waals surface area contributed by atoms with Gasteiger partial charge in [-0.2, -0.15) is 0 Å². The van der Waals surface area contributed by atoms with Crippen LogP contribution in [0.2, 0.25) is 0 Å². The Morgan fingerprint density at radius 3 is 2.79 bits per heavy atom. The van der Waals surface area contributed by atoms with Gasteiger partial charge in [0.2, 0.25) is 5.91 Å². The summed E-state index contributed by atoms with van der Waals surface area (Å²) in [5.41, 5.74) is 4.30. The van der Waals surface area contributed by atoms with Crippen molar-refractivity contribution in [1.82, 2.24) is 20.3 Å². The molecule has 0 bridgehead atoms. The molecule has 1 aromatic heterocycles. The molecule has 3 aromatic rings. The van der Waals surface area contributed by atoms with Crippen LogP contribution in [0, 0.1) is 0 Å². The number of amides is 1. The fraction of sp³-hybridized carbons (Fsp3) is 0.364. The molecular formula is C22H24N4O2. The van der Waals surface area contributed by atoms with E-state index in [1.54, 1.807) is 18.2 Å². The molecule has 0 fully saturated rings. The molecule has 1 aliphatic rings. The number of aromatic nitrogens is 3. The molecule has 4 rings (SSSR count). The molecule has 0 saturated heterocycles. The first-order chi connectivity index (χ1) is 13.6. The maximum atomic E-state index is 12.4. The summed E-state index contributed by atoms with van der Waals surface area (Å²) in [6.07, 6.45) is 4.95. The smallest absolute Gasteiger partial charge is 0.277 e. The van der Waals surface area contributed by atoms with Gasteiger partial charge in [-0.25, -0.2) is 4.68 Å². The molecule has 1 aliphatic carbocycles. The fourth-order valence-corrected chi connectivity index (χ4v) is 3.80. The Hall–Kier alpha value is -3.02. The van der Waals surface area contributed by atoms with Crippen molar-refractivity contribution in [2.24, 2.45) is 0 Å². The number of benzene rings is 2. The highest BCUT2D eigenvalue weighted by atomic mass is 16.2. The fourth-order valence-electron chi connectivity index (χ4n) is 3.80. The third kappa shape index (κ3) is 3.81. The second kappa shape index (κ2) is 7.92. The van der Waals surface area contributed by atoms with Crippen LogP contribution in [0.5, 0.6) is 0 Å². The third-order valence-corrected chi connectivity index (χ3v) is 5.43. The molecule has 144 valence electrons. The lowest BCUT2D eigenvalue weighted by atomic mass is 9.89. The number of hydrogen-bond acceptors (Lipinski definition) is 4. The van der Waals surface area contributed by atoms with E-state index < -0.39 is 0 Å². The van der Waals surface area contributed by atoms with Gasteiger partial charge in [-0.15, -0.1) is 5.10 Å². The zero-order valence-corrected chi connectivity index (χ0v) is 16.0. The van der Waals surface area contributed by atoms with Gasteiger partial charge >= 0.3 is 0 Å². The van der Waals surface area contributed by atoms with Crippen LogP contribution in [-0.4, -0.2) is 20.9 Å². The van der Waals surface area contributed by atoms with Crippen molar-refractivity contribution in [1.29, 1.82) is 0 Å². The van der Waals surface area contributed by atoms with Crippen LogP contribution in [0.25, 0.3) is 10.9 Å². The van der Waals surface area contributed by atoms with Crippen LogP contribution in [0.15, 0.2) is 47.3 Å². The van der Waals surface area contributed by atoms with Gasteiger partial charge in [-0.05, 0) is 61.4 Å². The Kier molecular flexibility index (Phi) is 5.19. The van der Waals surface area contributed by atoms with E-state index in [-0.39, 0.29) is 30.5 Å². The first kappa shape index (κ1) is 18.3. The van der Waals surface area contributed by atoms with E-state index in [9.17, 15) is 9.59 Å². The summed E-state index contributed by atoms with van der Waals surface area (Å²) in [4.78, 5) is 24.8. The van der Waals surface area contributed by atoms with Crippen LogP contribution in [-0.2, 0) is 24.2 Å². The van der Waals surface area contributed by atoms with E-state index in [2.05, 4.69) is 33.8 Å². The maximum absolute atomic E-state index is 12.4. The molecule has 0 saturated carbocycles. The molecule has 6 nitrogen and oxygen atoms in total. The second-order valence-electron chi connectivity index (χ2n) is 7.41. The van der Waals surface area contributed by atoms with Crippen LogP contribution in [0.3, 0.4) is 0 Å². The monoisotopic (exact) mass is 376 g/mol. The quantitative estimate of drug-likeness (QED) is 0.743. The summed E-state index contributed by atoms with van der Waals surface area (Å²) in [6, 6.07) is 13.5. The Bertz CT molecular complexity index is 1070. The Balaban J connectivity index is 1.39. The normalized spacial score (nSPS) is 14.5. The van der Waals surface area contributed by atoms with Crippen molar-refractivity contribution in [3.05, 3.63) is 69.5 Å². The van der Waals surface area contributed by atoms with E-state index in [4.69, 9.17) is 0 Å². The molecule has 6 heteroatoms. The molecule has 1 amide bonds. The first-order valence-corrected chi connectivity index (χ1v) is 9.85. The number of nitrogens with one attached hydrogen (secondary N) is 1. The van der Waals surface area contributed by atoms with Crippen molar-refractivity contribution in [2.75, 3.05) is 0 Å². The highest BCUT2D eigenvalue weighted by molar-refractivity contribution is 5.77. The van der Waals surface area contributed by atoms with Gasteiger partial charge in [-0.1, -0.05) is 35.5 Å². The lowest BCUT2D eigenvalue weighted by Gasteiger charge is -2.20. The summed E-state index contributed by atoms with van der Waals surface area (Å²) in [6.45, 7) is 2.20. The SMILES string of the molecule is C[C@@H](NC(=O)CCn1nnc2ccccc2c1=O)c1ccc2c(c1)CCCC2. The summed E-state index contributed by atoms with van der Waals surface area (Å²) in [5, 5.41) is 11.5. The molecule has 1 atom stereocenters. The van der Waals surface area contributed by atoms with Gasteiger partial charge < -0.3 is 5.32 Å². The largest absolute Gasteiger partial charge is 0.350 e. The van der Waals surface area contributed by atoms with E-state index in [1.807, 2.05) is 13.0 Å². The minimum absolute atomic E-state index is 0.0702. The number of rotatable bonds is 5. The number of aryl methyl sites for hydroxylation is 3. The highest BCUT2D eigenvalue weighted by Crippen LogP contribution is 2.24. The zero-order valence-electron chi connectivity index (χ0n) is 16.0. The van der Waals surface area contributed by atoms with Crippen LogP contribution >= 0.6 is 0 Å². The predicted octanol–water partition coefficient (Wildman–Crippen LogP) is 2.94. The second-order valence-corrected chi connectivity index (χ2v) is 7.41. The predicted molar refractivity (Wildman–Crippen MR) is 108 cm³/mol. The maximum Gasteiger partial charge on any atom is 0.277 e. The lowest BCUT2D eigenvalue weighted by molar-refractivity contribution is -0.122. The van der Waals surface area contributed by atoms with Crippen molar-refractivity contribution >= 4 is 16.8 Å². The average Bonchev–Trinajstić information content (AvgIpc) is 2.73. The highest BCUT2D eigenvalue weighted by Gasteiger charge is 2.14. The van der Waals surface area contributed by atoms with Gasteiger partial charge in [-0.3, -0.25) is 9.59 Å². The van der Waals surface area contributed by atoms with Gasteiger partial charge in [0.25, 0.3) is 5.56 Å². The van der Waals surface area contributed by atoms with Gasteiger partial charge in [0.15, 0.2) is 0 Å². The van der Waals surface area contributed by atoms with Crippen LogP contribution in [0.1, 0.15) is 48.9 Å². The third-order valence-electron chi connectivity index (χ3n) is 5.43. The molecule has 2 aromatic carbocycles. The van der Waals surface area contributed by atoms with Crippen molar-refractivity contribution < 1.29 is 4.79 Å². The number of hydrogen-bond donors (Lipinski definition) is 1. The number of nitrogens with zero attached hydrogens (tertiary/aromatic N) is 3. The van der Waals surface area contributed by atoms with Gasteiger partial charge in [0.05, 0.1) is 18.0 Å². The number of fused-ring (bicyclic) bond motifs is 2. The van der Waals surface area contributed by atoms with Crippen molar-refractivity contribution in [3.63, 3.8) is 0 Å². The molecule has 0 aliphatic heterocycles. The molecule has 1 heterocycles. The van der Waals surface area contributed by atoms with E-state index >= 15 is 0 Å². The molecule has 28 heavy (non-hydrogen) atoms. The summed E-state index contributed by atoms with van der Waals surface area (Å²) >= 11 is 0. The average molecular weight is 376 g/mol. The van der Waals surface area contributed by atoms with Crippen molar-refractivity contribution in [2.45, 2.75) is 51.6 Å². The minimum Gasteiger partial charge on any atom is -0.350 e. The van der Waals surface area contributed by atoms with E-state index in [1.165, 1.54) is 28.7 Å². The van der Waals surface area contributed by atoms with Crippen LogP contribution in [0.4, 0.5) is 0 Å². The standard InChI is InChI=1S/C22H24N4O2/c1-15(17-11-10-16-6-2-3-7-18(16)14-17)23-21(27)12-13-26-22(28)19-8-4-5-9-20(19)24-25-26/h4-5,8-11,14-15H,2-3,6-7,12-13H2,1H3,(H,23,27)/t15-/m1/s1. The number of carbonyl (C=O) groups excluding carboxylic acids is 1. The molecule has 0 unspecified atom stereocenters. The van der Waals surface area contributed by atoms with Crippen LogP contribution < -0.4 is 10.9 Å². The first-order valence-electron chi connectivity index (χ1n) is 9.85. The molecule has 1 N–H and O–H groups in total. The summed E-state index contributed by atoms with van der Waals surface area (Å²) < 4.78 is 1.26. The Morgan fingerprint density at radius 1 is 1.14 bits per heavy atom. The molecular weight excluding hydrogens is 352 g/mol. The summed E-state index contributed by atoms with van der Waals surface area (Å²) in [5.74, 6) is -0.105. The van der Waals surface area contributed by atoms with E-state index in [0.29, 0.717) is 10.9 Å². The van der Waals surface area contributed by atoms with Crippen molar-refractivity contribution in [3.8, 4) is 0 Å². The Labute approximate surface area is 163 Å². The van der Waals surface area contributed by atoms with Gasteiger partial charge in [0.1, 0.15) is 5.52 Å². The topological polar surface area (TPSA) is 76.9 Å². The summed E-state index contributed by atoms with van der Waals surface area (Å²) in [7, 11) is 0.